The topological polar surface area (TPSA) is 102 Å². The Balaban J connectivity index is 1.58. The predicted molar refractivity (Wildman–Crippen MR) is 139 cm³/mol. The van der Waals surface area contributed by atoms with Crippen LogP contribution in [0.1, 0.15) is 63.9 Å². The quantitative estimate of drug-likeness (QED) is 0.465. The van der Waals surface area contributed by atoms with E-state index in [0.717, 1.165) is 30.6 Å². The zero-order chi connectivity index (χ0) is 25.8. The minimum atomic E-state index is -0.434. The van der Waals surface area contributed by atoms with Gasteiger partial charge in [0.15, 0.2) is 11.2 Å². The van der Waals surface area contributed by atoms with E-state index in [1.807, 2.05) is 28.5 Å². The summed E-state index contributed by atoms with van der Waals surface area (Å²) in [5, 5.41) is 0. The molecule has 0 spiro atoms. The Morgan fingerprint density at radius 3 is 2.69 bits per heavy atom. The van der Waals surface area contributed by atoms with Crippen molar-refractivity contribution in [2.24, 2.45) is 5.92 Å². The highest BCUT2D eigenvalue weighted by Gasteiger charge is 2.23. The van der Waals surface area contributed by atoms with Crippen molar-refractivity contribution in [2.75, 3.05) is 13.2 Å². The van der Waals surface area contributed by atoms with E-state index in [-0.39, 0.29) is 11.8 Å². The second-order valence-electron chi connectivity index (χ2n) is 9.90. The van der Waals surface area contributed by atoms with E-state index in [2.05, 4.69) is 31.8 Å². The minimum Gasteiger partial charge on any atom is -0.494 e. The molecule has 9 heteroatoms. The van der Waals surface area contributed by atoms with Crippen molar-refractivity contribution < 1.29 is 9.53 Å². The Kier molecular flexibility index (Phi) is 7.96. The lowest BCUT2D eigenvalue weighted by Crippen LogP contribution is -2.36. The Labute approximate surface area is 211 Å². The summed E-state index contributed by atoms with van der Waals surface area (Å²) in [5.41, 5.74) is 2.35. The van der Waals surface area contributed by atoms with E-state index in [0.29, 0.717) is 62.6 Å². The van der Waals surface area contributed by atoms with Gasteiger partial charge in [0.1, 0.15) is 11.6 Å². The molecular weight excluding hydrogens is 458 g/mol. The maximum Gasteiger partial charge on any atom is 0.330 e. The molecule has 4 rings (SSSR count). The van der Waals surface area contributed by atoms with Crippen LogP contribution in [0.4, 0.5) is 0 Å². The Morgan fingerprint density at radius 2 is 1.97 bits per heavy atom. The molecule has 194 valence electrons. The average molecular weight is 496 g/mol. The van der Waals surface area contributed by atoms with Crippen molar-refractivity contribution in [2.45, 2.75) is 79.4 Å². The number of rotatable bonds is 10. The second kappa shape index (κ2) is 11.1. The molecule has 2 aromatic heterocycles. The number of H-pyrrole nitrogens is 1. The number of carbonyl (C=O) groups excluding carboxylic acids is 1. The van der Waals surface area contributed by atoms with Gasteiger partial charge in [-0.05, 0) is 48.9 Å². The molecule has 1 N–H and O–H groups in total. The van der Waals surface area contributed by atoms with Gasteiger partial charge in [-0.15, -0.1) is 0 Å². The number of aryl methyl sites for hydroxylation is 2. The fourth-order valence-corrected chi connectivity index (χ4v) is 4.87. The standard InChI is InChI=1S/C27H37N5O4/c1-5-7-13-31-25-24(26(34)29-27(31)35)32(16-18(3)4)22(28-25)10-11-23(33)30-14-12-19-8-9-21(36-6-2)15-20(19)17-30/h8-9,15,18H,5-7,10-14,16-17H2,1-4H3,(H,29,34,35). The summed E-state index contributed by atoms with van der Waals surface area (Å²) in [5.74, 6) is 1.82. The SMILES string of the molecule is CCCCn1c(=O)[nH]c(=O)c2c1nc(CCC(=O)N1CCc3ccc(OCC)cc3C1)n2CC(C)C. The Bertz CT molecular complexity index is 1350. The molecular formula is C27H37N5O4. The third-order valence-corrected chi connectivity index (χ3v) is 6.66. The van der Waals surface area contributed by atoms with Gasteiger partial charge in [-0.1, -0.05) is 33.3 Å². The number of benzene rings is 1. The molecule has 3 heterocycles. The van der Waals surface area contributed by atoms with Gasteiger partial charge in [0.25, 0.3) is 5.56 Å². The van der Waals surface area contributed by atoms with Crippen LogP contribution in [0.5, 0.6) is 5.75 Å². The third-order valence-electron chi connectivity index (χ3n) is 6.66. The highest BCUT2D eigenvalue weighted by molar-refractivity contribution is 5.77. The summed E-state index contributed by atoms with van der Waals surface area (Å²) >= 11 is 0. The van der Waals surface area contributed by atoms with Gasteiger partial charge in [0, 0.05) is 39.0 Å². The number of amides is 1. The van der Waals surface area contributed by atoms with E-state index in [9.17, 15) is 14.4 Å². The molecule has 0 radical (unpaired) electrons. The number of unbranched alkanes of at least 4 members (excludes halogenated alkanes) is 1. The minimum absolute atomic E-state index is 0.0582. The number of ether oxygens (including phenoxy) is 1. The van der Waals surface area contributed by atoms with Crippen LogP contribution in [0.2, 0.25) is 0 Å². The highest BCUT2D eigenvalue weighted by atomic mass is 16.5. The zero-order valence-corrected chi connectivity index (χ0v) is 21.8. The number of carbonyl (C=O) groups is 1. The van der Waals surface area contributed by atoms with Crippen LogP contribution in [0.3, 0.4) is 0 Å². The number of aromatic nitrogens is 4. The first-order valence-electron chi connectivity index (χ1n) is 13.1. The molecule has 0 atom stereocenters. The van der Waals surface area contributed by atoms with Crippen LogP contribution < -0.4 is 16.0 Å². The van der Waals surface area contributed by atoms with Crippen molar-refractivity contribution in [3.05, 3.63) is 56.0 Å². The first kappa shape index (κ1) is 25.7. The van der Waals surface area contributed by atoms with E-state index < -0.39 is 11.2 Å². The Hall–Kier alpha value is -3.36. The molecule has 0 bridgehead atoms. The van der Waals surface area contributed by atoms with Crippen molar-refractivity contribution in [1.29, 1.82) is 0 Å². The monoisotopic (exact) mass is 495 g/mol. The largest absolute Gasteiger partial charge is 0.494 e. The van der Waals surface area contributed by atoms with Crippen LogP contribution in [-0.4, -0.2) is 43.1 Å². The number of aromatic amines is 1. The smallest absolute Gasteiger partial charge is 0.330 e. The number of fused-ring (bicyclic) bond motifs is 2. The van der Waals surface area contributed by atoms with Gasteiger partial charge < -0.3 is 14.2 Å². The lowest BCUT2D eigenvalue weighted by Gasteiger charge is -2.29. The summed E-state index contributed by atoms with van der Waals surface area (Å²) < 4.78 is 9.08. The third kappa shape index (κ3) is 5.39. The fourth-order valence-electron chi connectivity index (χ4n) is 4.87. The van der Waals surface area contributed by atoms with Crippen LogP contribution in [0, 0.1) is 5.92 Å². The van der Waals surface area contributed by atoms with Crippen LogP contribution >= 0.6 is 0 Å². The van der Waals surface area contributed by atoms with E-state index in [1.54, 1.807) is 4.57 Å². The maximum absolute atomic E-state index is 13.2. The summed E-state index contributed by atoms with van der Waals surface area (Å²) in [6.45, 7) is 11.1. The van der Waals surface area contributed by atoms with Gasteiger partial charge in [0.05, 0.1) is 6.61 Å². The van der Waals surface area contributed by atoms with Gasteiger partial charge in [-0.2, -0.15) is 0 Å². The normalized spacial score (nSPS) is 13.4. The number of nitrogens with one attached hydrogen (secondary N) is 1. The first-order chi connectivity index (χ1) is 17.3. The lowest BCUT2D eigenvalue weighted by molar-refractivity contribution is -0.132. The molecule has 1 aromatic carbocycles. The molecule has 0 saturated carbocycles. The van der Waals surface area contributed by atoms with Gasteiger partial charge in [0.2, 0.25) is 5.91 Å². The molecule has 0 fully saturated rings. The number of imidazole rings is 1. The average Bonchev–Trinajstić information content (AvgIpc) is 3.19. The fraction of sp³-hybridized carbons (Fsp3) is 0.556. The molecule has 1 aliphatic heterocycles. The molecule has 1 amide bonds. The summed E-state index contributed by atoms with van der Waals surface area (Å²) in [4.78, 5) is 47.6. The van der Waals surface area contributed by atoms with Crippen LogP contribution in [-0.2, 0) is 37.3 Å². The van der Waals surface area contributed by atoms with E-state index >= 15 is 0 Å². The number of hydrogen-bond donors (Lipinski definition) is 1. The maximum atomic E-state index is 13.2. The van der Waals surface area contributed by atoms with Crippen molar-refractivity contribution >= 4 is 17.1 Å². The summed E-state index contributed by atoms with van der Waals surface area (Å²) in [6, 6.07) is 6.11. The molecule has 3 aromatic rings. The van der Waals surface area contributed by atoms with Gasteiger partial charge in [-0.3, -0.25) is 19.1 Å². The molecule has 9 nitrogen and oxygen atoms in total. The van der Waals surface area contributed by atoms with Gasteiger partial charge in [-0.25, -0.2) is 9.78 Å². The molecule has 36 heavy (non-hydrogen) atoms. The molecule has 0 saturated heterocycles. The lowest BCUT2D eigenvalue weighted by atomic mass is 9.99. The Morgan fingerprint density at radius 1 is 1.17 bits per heavy atom. The summed E-state index contributed by atoms with van der Waals surface area (Å²) in [6.07, 6.45) is 3.25. The predicted octanol–water partition coefficient (Wildman–Crippen LogP) is 3.26. The van der Waals surface area contributed by atoms with Crippen LogP contribution in [0.25, 0.3) is 11.2 Å². The zero-order valence-electron chi connectivity index (χ0n) is 21.8. The van der Waals surface area contributed by atoms with Crippen molar-refractivity contribution in [3.8, 4) is 5.75 Å². The van der Waals surface area contributed by atoms with Crippen LogP contribution in [0.15, 0.2) is 27.8 Å². The van der Waals surface area contributed by atoms with Gasteiger partial charge >= 0.3 is 5.69 Å². The number of nitrogens with zero attached hydrogens (tertiary/aromatic N) is 4. The molecule has 0 unspecified atom stereocenters. The highest BCUT2D eigenvalue weighted by Crippen LogP contribution is 2.25. The van der Waals surface area contributed by atoms with Crippen molar-refractivity contribution in [3.63, 3.8) is 0 Å². The molecule has 1 aliphatic rings. The first-order valence-corrected chi connectivity index (χ1v) is 13.1. The second-order valence-corrected chi connectivity index (χ2v) is 9.90. The summed E-state index contributed by atoms with van der Waals surface area (Å²) in [7, 11) is 0. The molecule has 0 aliphatic carbocycles. The van der Waals surface area contributed by atoms with E-state index in [4.69, 9.17) is 9.72 Å². The van der Waals surface area contributed by atoms with E-state index in [1.165, 1.54) is 5.56 Å². The number of hydrogen-bond acceptors (Lipinski definition) is 5. The van der Waals surface area contributed by atoms with Crippen molar-refractivity contribution in [1.82, 2.24) is 24.0 Å².